The van der Waals surface area contributed by atoms with Gasteiger partial charge in [-0.15, -0.1) is 6.58 Å². The number of amides is 2. The summed E-state index contributed by atoms with van der Waals surface area (Å²) in [5, 5.41) is 2.49. The molecule has 0 fully saturated rings. The summed E-state index contributed by atoms with van der Waals surface area (Å²) in [5.74, 6) is -0.762. The van der Waals surface area contributed by atoms with Crippen molar-refractivity contribution in [1.29, 1.82) is 0 Å². The van der Waals surface area contributed by atoms with Gasteiger partial charge in [0.1, 0.15) is 17.4 Å². The van der Waals surface area contributed by atoms with E-state index in [0.717, 1.165) is 29.1 Å². The Labute approximate surface area is 174 Å². The quantitative estimate of drug-likeness (QED) is 0.528. The van der Waals surface area contributed by atoms with Crippen LogP contribution in [-0.4, -0.2) is 29.2 Å². The number of ether oxygens (including phenoxy) is 1. The van der Waals surface area contributed by atoms with Crippen LogP contribution in [0.2, 0.25) is 0 Å². The highest BCUT2D eigenvalue weighted by Crippen LogP contribution is 2.18. The minimum Gasteiger partial charge on any atom is -0.497 e. The molecule has 1 heterocycles. The molecule has 0 spiro atoms. The molecule has 0 atom stereocenters. The van der Waals surface area contributed by atoms with Gasteiger partial charge in [0, 0.05) is 31.0 Å². The van der Waals surface area contributed by atoms with Crippen LogP contribution in [0.4, 0.5) is 19.3 Å². The first-order valence-electron chi connectivity index (χ1n) is 9.39. The van der Waals surface area contributed by atoms with Gasteiger partial charge in [0.05, 0.1) is 19.3 Å². The summed E-state index contributed by atoms with van der Waals surface area (Å²) in [7, 11) is 1.62. The van der Waals surface area contributed by atoms with Crippen LogP contribution < -0.4 is 10.1 Å². The van der Waals surface area contributed by atoms with Crippen LogP contribution in [0.1, 0.15) is 11.3 Å². The Hall–Kier alpha value is -3.61. The molecule has 0 unspecified atom stereocenters. The molecule has 0 aliphatic carbocycles. The molecule has 3 aromatic rings. The highest BCUT2D eigenvalue weighted by molar-refractivity contribution is 5.89. The Balaban J connectivity index is 1.74. The van der Waals surface area contributed by atoms with Crippen LogP contribution in [0.5, 0.6) is 5.75 Å². The van der Waals surface area contributed by atoms with E-state index in [1.54, 1.807) is 13.2 Å². The number of carbonyl (C=O) groups is 1. The molecule has 0 aliphatic heterocycles. The minimum absolute atomic E-state index is 0.0813. The Morgan fingerprint density at radius 3 is 2.77 bits per heavy atom. The number of nitrogens with zero attached hydrogens (tertiary/aromatic N) is 2. The van der Waals surface area contributed by atoms with E-state index in [2.05, 4.69) is 11.9 Å². The molecule has 7 heteroatoms. The maximum atomic E-state index is 13.9. The smallest absolute Gasteiger partial charge is 0.322 e. The van der Waals surface area contributed by atoms with E-state index in [1.165, 1.54) is 11.0 Å². The van der Waals surface area contributed by atoms with Gasteiger partial charge in [0.25, 0.3) is 0 Å². The summed E-state index contributed by atoms with van der Waals surface area (Å²) in [6.07, 6.45) is 3.52. The number of carbonyl (C=O) groups excluding carboxylic acids is 1. The highest BCUT2D eigenvalue weighted by Gasteiger charge is 2.17. The summed E-state index contributed by atoms with van der Waals surface area (Å²) in [4.78, 5) is 14.2. The number of hydrogen-bond acceptors (Lipinski definition) is 2. The third-order valence-electron chi connectivity index (χ3n) is 4.57. The number of aromatic nitrogens is 1. The largest absolute Gasteiger partial charge is 0.497 e. The van der Waals surface area contributed by atoms with Crippen LogP contribution in [0.15, 0.2) is 73.4 Å². The molecule has 0 bridgehead atoms. The van der Waals surface area contributed by atoms with Crippen molar-refractivity contribution >= 4 is 11.7 Å². The normalized spacial score (nSPS) is 10.5. The fourth-order valence-electron chi connectivity index (χ4n) is 3.07. The van der Waals surface area contributed by atoms with Crippen LogP contribution in [-0.2, 0) is 13.1 Å². The van der Waals surface area contributed by atoms with Gasteiger partial charge in [-0.3, -0.25) is 0 Å². The van der Waals surface area contributed by atoms with Gasteiger partial charge in [-0.2, -0.15) is 0 Å². The molecule has 3 rings (SSSR count). The van der Waals surface area contributed by atoms with Gasteiger partial charge >= 0.3 is 6.03 Å². The number of hydrogen-bond donors (Lipinski definition) is 1. The lowest BCUT2D eigenvalue weighted by Gasteiger charge is -2.23. The van der Waals surface area contributed by atoms with Crippen LogP contribution in [0.3, 0.4) is 0 Å². The number of methoxy groups -OCH3 is 1. The van der Waals surface area contributed by atoms with Gasteiger partial charge in [-0.05, 0) is 42.0 Å². The molecule has 2 aromatic carbocycles. The zero-order valence-corrected chi connectivity index (χ0v) is 16.6. The van der Waals surface area contributed by atoms with E-state index in [1.807, 2.05) is 47.2 Å². The van der Waals surface area contributed by atoms with Gasteiger partial charge in [0.2, 0.25) is 0 Å². The summed E-state index contributed by atoms with van der Waals surface area (Å²) >= 11 is 0. The lowest BCUT2D eigenvalue weighted by atomic mass is 10.2. The van der Waals surface area contributed by atoms with Gasteiger partial charge < -0.3 is 19.5 Å². The number of nitrogens with one attached hydrogen (secondary N) is 1. The Kier molecular flexibility index (Phi) is 6.85. The maximum absolute atomic E-state index is 13.9. The summed E-state index contributed by atoms with van der Waals surface area (Å²) < 4.78 is 34.3. The van der Waals surface area contributed by atoms with Crippen molar-refractivity contribution < 1.29 is 18.3 Å². The summed E-state index contributed by atoms with van der Waals surface area (Å²) in [6, 6.07) is 14.1. The summed E-state index contributed by atoms with van der Waals surface area (Å²) in [5.41, 5.74) is 1.87. The Morgan fingerprint density at radius 2 is 2.03 bits per heavy atom. The summed E-state index contributed by atoms with van der Waals surface area (Å²) in [6.45, 7) is 4.85. The molecule has 0 saturated carbocycles. The first kappa shape index (κ1) is 21.1. The van der Waals surface area contributed by atoms with Crippen LogP contribution >= 0.6 is 0 Å². The molecule has 5 nitrogen and oxygen atoms in total. The van der Waals surface area contributed by atoms with Gasteiger partial charge in [0.15, 0.2) is 0 Å². The van der Waals surface area contributed by atoms with Gasteiger partial charge in [-0.1, -0.05) is 18.2 Å². The lowest BCUT2D eigenvalue weighted by molar-refractivity contribution is 0.213. The van der Waals surface area contributed by atoms with E-state index in [0.29, 0.717) is 6.54 Å². The lowest BCUT2D eigenvalue weighted by Crippen LogP contribution is -2.35. The van der Waals surface area contributed by atoms with E-state index in [-0.39, 0.29) is 18.8 Å². The second-order valence-corrected chi connectivity index (χ2v) is 6.70. The molecule has 156 valence electrons. The maximum Gasteiger partial charge on any atom is 0.322 e. The number of urea groups is 1. The predicted molar refractivity (Wildman–Crippen MR) is 113 cm³/mol. The molecule has 0 saturated heterocycles. The number of benzene rings is 2. The standard InChI is InChI=1S/C23H23F2N3O2/c1-3-11-28(23(29)26-22-10-9-18(24)14-21(22)25)16-19-7-5-12-27(19)15-17-6-4-8-20(13-17)30-2/h3-10,12-14H,1,11,15-16H2,2H3,(H,26,29). The van der Waals surface area contributed by atoms with E-state index in [4.69, 9.17) is 4.74 Å². The second kappa shape index (κ2) is 9.73. The van der Waals surface area contributed by atoms with E-state index in [9.17, 15) is 13.6 Å². The van der Waals surface area contributed by atoms with E-state index < -0.39 is 17.7 Å². The van der Waals surface area contributed by atoms with Crippen LogP contribution in [0, 0.1) is 11.6 Å². The highest BCUT2D eigenvalue weighted by atomic mass is 19.1. The van der Waals surface area contributed by atoms with Crippen molar-refractivity contribution in [3.8, 4) is 5.75 Å². The molecular formula is C23H23F2N3O2. The second-order valence-electron chi connectivity index (χ2n) is 6.70. The fraction of sp³-hybridized carbons (Fsp3) is 0.174. The first-order chi connectivity index (χ1) is 14.5. The molecular weight excluding hydrogens is 388 g/mol. The Bertz CT molecular complexity index is 1030. The van der Waals surface area contributed by atoms with Crippen molar-refractivity contribution in [2.75, 3.05) is 19.0 Å². The van der Waals surface area contributed by atoms with E-state index >= 15 is 0 Å². The average Bonchev–Trinajstić information content (AvgIpc) is 3.16. The number of anilines is 1. The number of halogens is 2. The number of rotatable bonds is 8. The average molecular weight is 411 g/mol. The third kappa shape index (κ3) is 5.26. The molecule has 30 heavy (non-hydrogen) atoms. The minimum atomic E-state index is -0.830. The van der Waals surface area contributed by atoms with Crippen molar-refractivity contribution in [1.82, 2.24) is 9.47 Å². The van der Waals surface area contributed by atoms with Gasteiger partial charge in [-0.25, -0.2) is 13.6 Å². The zero-order chi connectivity index (χ0) is 21.5. The molecule has 0 aliphatic rings. The fourth-order valence-corrected chi connectivity index (χ4v) is 3.07. The Morgan fingerprint density at radius 1 is 1.20 bits per heavy atom. The zero-order valence-electron chi connectivity index (χ0n) is 16.6. The third-order valence-corrected chi connectivity index (χ3v) is 4.57. The topological polar surface area (TPSA) is 46.5 Å². The molecule has 2 amide bonds. The van der Waals surface area contributed by atoms with Crippen LogP contribution in [0.25, 0.3) is 0 Å². The van der Waals surface area contributed by atoms with Crippen molar-refractivity contribution in [2.24, 2.45) is 0 Å². The van der Waals surface area contributed by atoms with Crippen molar-refractivity contribution in [3.05, 3.63) is 96.3 Å². The molecule has 1 aromatic heterocycles. The first-order valence-corrected chi connectivity index (χ1v) is 9.39. The van der Waals surface area contributed by atoms with Crippen molar-refractivity contribution in [2.45, 2.75) is 13.1 Å². The monoisotopic (exact) mass is 411 g/mol. The molecule has 0 radical (unpaired) electrons. The molecule has 1 N–H and O–H groups in total. The SMILES string of the molecule is C=CCN(Cc1cccn1Cc1cccc(OC)c1)C(=O)Nc1ccc(F)cc1F. The van der Waals surface area contributed by atoms with Crippen molar-refractivity contribution in [3.63, 3.8) is 0 Å². The predicted octanol–water partition coefficient (Wildman–Crippen LogP) is 5.04.